The zero-order chi connectivity index (χ0) is 20.2. The van der Waals surface area contributed by atoms with Crippen molar-refractivity contribution in [3.63, 3.8) is 0 Å². The number of ether oxygens (including phenoxy) is 1. The molecule has 0 unspecified atom stereocenters. The van der Waals surface area contributed by atoms with E-state index in [4.69, 9.17) is 15.1 Å². The molecule has 15 heavy (non-hydrogen) atoms. The van der Waals surface area contributed by atoms with Crippen molar-refractivity contribution in [3.05, 3.63) is 40.8 Å². The lowest BCUT2D eigenvalue weighted by Crippen LogP contribution is -1.95. The second-order valence-corrected chi connectivity index (χ2v) is 3.20. The van der Waals surface area contributed by atoms with Gasteiger partial charge in [0, 0.05) is 16.3 Å². The van der Waals surface area contributed by atoms with Gasteiger partial charge in [-0.3, -0.25) is 0 Å². The Balaban J connectivity index is 2.93. The lowest BCUT2D eigenvalue weighted by Gasteiger charge is -2.06. The van der Waals surface area contributed by atoms with Crippen LogP contribution in [0.2, 0.25) is 0 Å². The van der Waals surface area contributed by atoms with Gasteiger partial charge in [0.05, 0.1) is 23.7 Å². The number of hydrogen-bond donors (Lipinski definition) is 0. The molecule has 2 aromatic rings. The van der Waals surface area contributed by atoms with Crippen molar-refractivity contribution in [2.24, 2.45) is 0 Å². The normalized spacial score (nSPS) is 22.6. The van der Waals surface area contributed by atoms with Crippen molar-refractivity contribution in [1.29, 1.82) is 0 Å². The number of methoxy groups -OCH3 is 1. The van der Waals surface area contributed by atoms with Gasteiger partial charge in [-0.05, 0) is 34.9 Å². The minimum absolute atomic E-state index is 0.179. The van der Waals surface area contributed by atoms with Crippen LogP contribution in [0.4, 0.5) is 0 Å². The minimum Gasteiger partial charge on any atom is -0.497 e. The number of aryl methyl sites for hydroxylation is 1. The van der Waals surface area contributed by atoms with Crippen LogP contribution in [0.15, 0.2) is 34.9 Å². The van der Waals surface area contributed by atoms with E-state index < -0.39 is 61.5 Å². The topological polar surface area (TPSA) is 27.1 Å². The first kappa shape index (κ1) is 3.35. The number of nitrogens with zero attached hydrogens (tertiary/aromatic N) is 2. The maximum atomic E-state index is 8.12. The Hall–Kier alpha value is -1.29. The van der Waals surface area contributed by atoms with Gasteiger partial charge < -0.3 is 9.30 Å². The Morgan fingerprint density at radius 2 is 2.53 bits per heavy atom. The van der Waals surface area contributed by atoms with Gasteiger partial charge >= 0.3 is 0 Å². The second kappa shape index (κ2) is 4.06. The van der Waals surface area contributed by atoms with Crippen LogP contribution >= 0.6 is 15.9 Å². The Kier molecular flexibility index (Phi) is 0.908. The molecule has 0 atom stereocenters. The van der Waals surface area contributed by atoms with Crippen LogP contribution in [0, 0.1) is 6.85 Å². The summed E-state index contributed by atoms with van der Waals surface area (Å²) in [7, 11) is -3.04. The molecular formula is C11H11BrN2O. The van der Waals surface area contributed by atoms with Gasteiger partial charge in [-0.2, -0.15) is 0 Å². The molecule has 4 heteroatoms. The third-order valence-electron chi connectivity index (χ3n) is 1.53. The average molecular weight is 278 g/mol. The largest absolute Gasteiger partial charge is 0.497 e. The zero-order valence-corrected chi connectivity index (χ0v) is 8.77. The molecule has 0 amide bonds. The van der Waals surface area contributed by atoms with Crippen LogP contribution < -0.4 is 4.74 Å². The lowest BCUT2D eigenvalue weighted by molar-refractivity contribution is 0.414. The molecule has 1 heterocycles. The fourth-order valence-electron chi connectivity index (χ4n) is 0.955. The van der Waals surface area contributed by atoms with Crippen LogP contribution in [0.5, 0.6) is 5.75 Å². The summed E-state index contributed by atoms with van der Waals surface area (Å²) in [6, 6.07) is -3.13. The van der Waals surface area contributed by atoms with Crippen molar-refractivity contribution >= 4 is 15.9 Å². The lowest BCUT2D eigenvalue weighted by atomic mass is 10.3. The molecule has 1 aromatic carbocycles. The Morgan fingerprint density at radius 1 is 1.60 bits per heavy atom. The fourth-order valence-corrected chi connectivity index (χ4v) is 1.30. The Bertz CT molecular complexity index is 871. The van der Waals surface area contributed by atoms with E-state index in [1.165, 1.54) is 0 Å². The Morgan fingerprint density at radius 3 is 3.33 bits per heavy atom. The van der Waals surface area contributed by atoms with Crippen molar-refractivity contribution in [3.8, 4) is 11.4 Å². The predicted octanol–water partition coefficient (Wildman–Crippen LogP) is 2.95. The summed E-state index contributed by atoms with van der Waals surface area (Å²) in [4.78, 5) is 3.70. The number of halogens is 1. The first-order chi connectivity index (χ1) is 11.7. The van der Waals surface area contributed by atoms with E-state index in [0.29, 0.717) is 4.57 Å². The summed E-state index contributed by atoms with van der Waals surface area (Å²) in [6.07, 6.45) is -0.518. The average Bonchev–Trinajstić information content (AvgIpc) is 2.78. The van der Waals surface area contributed by atoms with Gasteiger partial charge in [0.2, 0.25) is 0 Å². The molecule has 0 saturated heterocycles. The summed E-state index contributed by atoms with van der Waals surface area (Å²) < 4.78 is 88.7. The summed E-state index contributed by atoms with van der Waals surface area (Å²) in [5, 5.41) is 0. The third kappa shape index (κ3) is 2.04. The van der Waals surface area contributed by atoms with Gasteiger partial charge in [0.25, 0.3) is 0 Å². The molecule has 0 aliphatic carbocycles. The first-order valence-electron chi connectivity index (χ1n) is 9.22. The van der Waals surface area contributed by atoms with Gasteiger partial charge in [-0.25, -0.2) is 4.98 Å². The van der Waals surface area contributed by atoms with Gasteiger partial charge in [0.15, 0.2) is 0 Å². The molecule has 0 fully saturated rings. The highest BCUT2D eigenvalue weighted by Gasteiger charge is 2.04. The van der Waals surface area contributed by atoms with E-state index >= 15 is 0 Å². The molecule has 0 aliphatic rings. The zero-order valence-electron chi connectivity index (χ0n) is 18.2. The maximum absolute atomic E-state index is 8.12. The van der Waals surface area contributed by atoms with E-state index in [2.05, 4.69) is 25.7 Å². The van der Waals surface area contributed by atoms with Crippen LogP contribution in [-0.4, -0.2) is 16.6 Å². The van der Waals surface area contributed by atoms with Gasteiger partial charge in [-0.15, -0.1) is 0 Å². The molecule has 1 aromatic heterocycles. The van der Waals surface area contributed by atoms with E-state index in [-0.39, 0.29) is 4.60 Å². The molecule has 3 nitrogen and oxygen atoms in total. The number of benzene rings is 1. The summed E-state index contributed by atoms with van der Waals surface area (Å²) in [6.45, 7) is -2.83. The van der Waals surface area contributed by atoms with Gasteiger partial charge in [-0.1, -0.05) is 6.04 Å². The second-order valence-electron chi connectivity index (χ2n) is 2.45. The van der Waals surface area contributed by atoms with Crippen LogP contribution in [0.3, 0.4) is 0 Å². The van der Waals surface area contributed by atoms with Crippen molar-refractivity contribution in [2.45, 2.75) is 6.85 Å². The number of aromatic nitrogens is 2. The minimum atomic E-state index is -3.04. The van der Waals surface area contributed by atoms with Crippen molar-refractivity contribution in [1.82, 2.24) is 9.55 Å². The fraction of sp³-hybridized carbons (Fsp3) is 0.182. The molecule has 0 aliphatic heterocycles. The predicted molar refractivity (Wildman–Crippen MR) is 62.6 cm³/mol. The maximum Gasteiger partial charge on any atom is 0.124 e. The van der Waals surface area contributed by atoms with Crippen LogP contribution in [-0.2, 0) is 0 Å². The quantitative estimate of drug-likeness (QED) is 0.844. The standard InChI is InChI=1S/C11H11BrN2O/c1-8-13-11(12)7-14(8)9-4-3-5-10(6-9)15-2/h3-7H,1-2H3/i1D3,2D3,3D,4D,5D,6D,7D. The molecule has 0 bridgehead atoms. The van der Waals surface area contributed by atoms with Crippen LogP contribution in [0.25, 0.3) is 5.69 Å². The molecular weight excluding hydrogens is 256 g/mol. The highest BCUT2D eigenvalue weighted by atomic mass is 79.9. The first-order valence-corrected chi connectivity index (χ1v) is 4.51. The molecule has 2 rings (SSSR count). The van der Waals surface area contributed by atoms with E-state index in [1.54, 1.807) is 0 Å². The number of imidazole rings is 1. The van der Waals surface area contributed by atoms with E-state index in [1.807, 2.05) is 0 Å². The van der Waals surface area contributed by atoms with Gasteiger partial charge in [0.1, 0.15) is 16.2 Å². The van der Waals surface area contributed by atoms with E-state index in [0.717, 1.165) is 0 Å². The summed E-state index contributed by atoms with van der Waals surface area (Å²) in [5.41, 5.74) is -0.584. The summed E-state index contributed by atoms with van der Waals surface area (Å²) >= 11 is 2.91. The van der Waals surface area contributed by atoms with E-state index in [9.17, 15) is 0 Å². The van der Waals surface area contributed by atoms with Crippen LogP contribution in [0.1, 0.15) is 20.9 Å². The molecule has 0 saturated carbocycles. The molecule has 78 valence electrons. The van der Waals surface area contributed by atoms with Crippen molar-refractivity contribution in [2.75, 3.05) is 7.04 Å². The molecule has 0 N–H and O–H groups in total. The Labute approximate surface area is 112 Å². The smallest absolute Gasteiger partial charge is 0.124 e. The highest BCUT2D eigenvalue weighted by Crippen LogP contribution is 2.19. The summed E-state index contributed by atoms with van der Waals surface area (Å²) in [5.74, 6) is -1.48. The number of rotatable bonds is 2. The SMILES string of the molecule is [2H]c1c([2H])c(OC([2H])([2H])[2H])c([2H])c(-n2c(C([2H])([2H])[2H])nc(Br)c2[2H])c1[2H]. The van der Waals surface area contributed by atoms with Crippen molar-refractivity contribution < 1.29 is 19.8 Å². The number of hydrogen-bond acceptors (Lipinski definition) is 2. The molecule has 0 radical (unpaired) electrons. The monoisotopic (exact) mass is 277 g/mol. The molecule has 0 spiro atoms. The highest BCUT2D eigenvalue weighted by molar-refractivity contribution is 9.10. The third-order valence-corrected chi connectivity index (χ3v) is 1.89.